The van der Waals surface area contributed by atoms with Crippen molar-refractivity contribution in [3.63, 3.8) is 0 Å². The summed E-state index contributed by atoms with van der Waals surface area (Å²) in [6.45, 7) is 3.87. The van der Waals surface area contributed by atoms with E-state index in [2.05, 4.69) is 10.1 Å². The van der Waals surface area contributed by atoms with Gasteiger partial charge >= 0.3 is 0 Å². The minimum atomic E-state index is -3.70. The summed E-state index contributed by atoms with van der Waals surface area (Å²) in [5.74, 6) is 5.38. The summed E-state index contributed by atoms with van der Waals surface area (Å²) in [5, 5.41) is 0. The Labute approximate surface area is 125 Å². The van der Waals surface area contributed by atoms with Crippen LogP contribution in [0.5, 0.6) is 0 Å². The minimum Gasteiger partial charge on any atom is -0.323 e. The van der Waals surface area contributed by atoms with Crippen LogP contribution in [-0.4, -0.2) is 8.42 Å². The van der Waals surface area contributed by atoms with E-state index in [0.717, 1.165) is 17.5 Å². The maximum absolute atomic E-state index is 12.6. The van der Waals surface area contributed by atoms with Crippen molar-refractivity contribution in [3.05, 3.63) is 53.6 Å². The van der Waals surface area contributed by atoms with Crippen LogP contribution in [0, 0.1) is 6.92 Å². The number of nitrogen functional groups attached to an aromatic ring is 1. The number of aryl methyl sites for hydroxylation is 2. The van der Waals surface area contributed by atoms with Gasteiger partial charge in [0.05, 0.1) is 11.4 Å². The number of hydrogen-bond acceptors (Lipinski definition) is 4. The summed E-state index contributed by atoms with van der Waals surface area (Å²) in [6, 6.07) is 12.2. The Balaban J connectivity index is 2.48. The molecule has 0 aliphatic heterocycles. The molecule has 5 nitrogen and oxygen atoms in total. The molecule has 0 radical (unpaired) electrons. The van der Waals surface area contributed by atoms with Crippen molar-refractivity contribution >= 4 is 21.4 Å². The maximum atomic E-state index is 12.6. The molecule has 0 aromatic heterocycles. The topological polar surface area (TPSA) is 84.2 Å². The molecule has 21 heavy (non-hydrogen) atoms. The van der Waals surface area contributed by atoms with Gasteiger partial charge in [-0.1, -0.05) is 37.3 Å². The van der Waals surface area contributed by atoms with Gasteiger partial charge in [-0.2, -0.15) is 0 Å². The molecule has 6 heteroatoms. The molecule has 2 aromatic rings. The van der Waals surface area contributed by atoms with Gasteiger partial charge in [-0.3, -0.25) is 10.6 Å². The van der Waals surface area contributed by atoms with Crippen LogP contribution in [0.15, 0.2) is 47.4 Å². The van der Waals surface area contributed by atoms with Gasteiger partial charge in [-0.15, -0.1) is 0 Å². The summed E-state index contributed by atoms with van der Waals surface area (Å²) in [5.41, 5.74) is 5.24. The number of nitrogens with two attached hydrogens (primary N) is 1. The monoisotopic (exact) mass is 305 g/mol. The van der Waals surface area contributed by atoms with Gasteiger partial charge < -0.3 is 5.43 Å². The normalized spacial score (nSPS) is 11.2. The molecule has 0 aliphatic carbocycles. The fraction of sp³-hybridized carbons (Fsp3) is 0.200. The first-order chi connectivity index (χ1) is 9.99. The minimum absolute atomic E-state index is 0.123. The second-order valence-electron chi connectivity index (χ2n) is 4.71. The highest BCUT2D eigenvalue weighted by Gasteiger charge is 2.20. The van der Waals surface area contributed by atoms with E-state index < -0.39 is 10.0 Å². The predicted molar refractivity (Wildman–Crippen MR) is 85.6 cm³/mol. The first kappa shape index (κ1) is 15.3. The lowest BCUT2D eigenvalue weighted by Crippen LogP contribution is -2.18. The van der Waals surface area contributed by atoms with Crippen LogP contribution in [0.3, 0.4) is 0 Å². The molecule has 0 unspecified atom stereocenters. The SMILES string of the molecule is CCc1cccc(C)c1NS(=O)(=O)c1ccccc1NN. The molecule has 0 bridgehead atoms. The number of para-hydroxylation sites is 2. The van der Waals surface area contributed by atoms with Crippen LogP contribution in [0.25, 0.3) is 0 Å². The smallest absolute Gasteiger partial charge is 0.264 e. The zero-order chi connectivity index (χ0) is 15.5. The predicted octanol–water partition coefficient (Wildman–Crippen LogP) is 2.64. The van der Waals surface area contributed by atoms with Gasteiger partial charge in [-0.25, -0.2) is 8.42 Å². The Bertz CT molecular complexity index is 742. The molecular formula is C15H19N3O2S. The van der Waals surface area contributed by atoms with Crippen molar-refractivity contribution in [1.29, 1.82) is 0 Å². The molecule has 2 rings (SSSR count). The molecule has 4 N–H and O–H groups in total. The fourth-order valence-electron chi connectivity index (χ4n) is 2.18. The largest absolute Gasteiger partial charge is 0.323 e. The van der Waals surface area contributed by atoms with Crippen molar-refractivity contribution in [3.8, 4) is 0 Å². The molecule has 0 saturated carbocycles. The highest BCUT2D eigenvalue weighted by molar-refractivity contribution is 7.92. The standard InChI is InChI=1S/C15H19N3O2S/c1-3-12-8-6-7-11(2)15(12)18-21(19,20)14-10-5-4-9-13(14)17-16/h4-10,17-18H,3,16H2,1-2H3. The molecule has 0 saturated heterocycles. The molecule has 0 atom stereocenters. The van der Waals surface area contributed by atoms with E-state index in [1.54, 1.807) is 18.2 Å². The van der Waals surface area contributed by atoms with Crippen molar-refractivity contribution in [2.24, 2.45) is 5.84 Å². The van der Waals surface area contributed by atoms with E-state index >= 15 is 0 Å². The highest BCUT2D eigenvalue weighted by atomic mass is 32.2. The van der Waals surface area contributed by atoms with Crippen LogP contribution in [0.2, 0.25) is 0 Å². The van der Waals surface area contributed by atoms with Gasteiger partial charge in [0.2, 0.25) is 0 Å². The van der Waals surface area contributed by atoms with Crippen molar-refractivity contribution < 1.29 is 8.42 Å². The van der Waals surface area contributed by atoms with Crippen LogP contribution in [-0.2, 0) is 16.4 Å². The third kappa shape index (κ3) is 3.17. The fourth-order valence-corrected chi connectivity index (χ4v) is 3.52. The molecule has 0 heterocycles. The Hall–Kier alpha value is -2.05. The first-order valence-electron chi connectivity index (χ1n) is 6.66. The Morgan fingerprint density at radius 1 is 1.10 bits per heavy atom. The zero-order valence-corrected chi connectivity index (χ0v) is 12.9. The molecule has 2 aromatic carbocycles. The average molecular weight is 305 g/mol. The van der Waals surface area contributed by atoms with Gasteiger partial charge in [0.25, 0.3) is 10.0 Å². The van der Waals surface area contributed by atoms with E-state index in [4.69, 9.17) is 5.84 Å². The summed E-state index contributed by atoms with van der Waals surface area (Å²) >= 11 is 0. The number of nitrogens with one attached hydrogen (secondary N) is 2. The lowest BCUT2D eigenvalue weighted by atomic mass is 10.1. The number of rotatable bonds is 5. The molecule has 0 aliphatic rings. The summed E-state index contributed by atoms with van der Waals surface area (Å²) in [6.07, 6.45) is 0.746. The van der Waals surface area contributed by atoms with Gasteiger partial charge in [-0.05, 0) is 36.6 Å². The average Bonchev–Trinajstić information content (AvgIpc) is 2.49. The Morgan fingerprint density at radius 3 is 2.48 bits per heavy atom. The van der Waals surface area contributed by atoms with E-state index in [0.29, 0.717) is 11.4 Å². The number of hydrazine groups is 1. The summed E-state index contributed by atoms with van der Waals surface area (Å²) in [4.78, 5) is 0.123. The quantitative estimate of drug-likeness (QED) is 0.585. The second kappa shape index (κ2) is 6.15. The number of hydrogen-bond donors (Lipinski definition) is 3. The number of anilines is 2. The lowest BCUT2D eigenvalue weighted by Gasteiger charge is -2.16. The maximum Gasteiger partial charge on any atom is 0.264 e. The molecule has 0 amide bonds. The van der Waals surface area contributed by atoms with Crippen LogP contribution in [0.1, 0.15) is 18.1 Å². The van der Waals surface area contributed by atoms with Crippen LogP contribution < -0.4 is 16.0 Å². The van der Waals surface area contributed by atoms with E-state index in [1.165, 1.54) is 6.07 Å². The van der Waals surface area contributed by atoms with Gasteiger partial charge in [0.1, 0.15) is 4.90 Å². The van der Waals surface area contributed by atoms with Gasteiger partial charge in [0.15, 0.2) is 0 Å². The second-order valence-corrected chi connectivity index (χ2v) is 6.36. The lowest BCUT2D eigenvalue weighted by molar-refractivity contribution is 0.601. The van der Waals surface area contributed by atoms with Crippen LogP contribution >= 0.6 is 0 Å². The number of sulfonamides is 1. The zero-order valence-electron chi connectivity index (χ0n) is 12.1. The van der Waals surface area contributed by atoms with Crippen LogP contribution in [0.4, 0.5) is 11.4 Å². The third-order valence-corrected chi connectivity index (χ3v) is 4.72. The first-order valence-corrected chi connectivity index (χ1v) is 8.15. The Kier molecular flexibility index (Phi) is 4.50. The molecule has 112 valence electrons. The van der Waals surface area contributed by atoms with Crippen molar-refractivity contribution in [1.82, 2.24) is 0 Å². The highest BCUT2D eigenvalue weighted by Crippen LogP contribution is 2.27. The summed E-state index contributed by atoms with van der Waals surface area (Å²) < 4.78 is 27.9. The van der Waals surface area contributed by atoms with E-state index in [-0.39, 0.29) is 4.90 Å². The third-order valence-electron chi connectivity index (χ3n) is 3.31. The Morgan fingerprint density at radius 2 is 1.81 bits per heavy atom. The molecule has 0 spiro atoms. The summed E-state index contributed by atoms with van der Waals surface area (Å²) in [7, 11) is -3.70. The van der Waals surface area contributed by atoms with Gasteiger partial charge in [0, 0.05) is 0 Å². The van der Waals surface area contributed by atoms with Crippen molar-refractivity contribution in [2.45, 2.75) is 25.2 Å². The van der Waals surface area contributed by atoms with E-state index in [9.17, 15) is 8.42 Å². The number of benzene rings is 2. The molecule has 0 fully saturated rings. The molecular weight excluding hydrogens is 286 g/mol. The van der Waals surface area contributed by atoms with Crippen molar-refractivity contribution in [2.75, 3.05) is 10.1 Å². The van der Waals surface area contributed by atoms with E-state index in [1.807, 2.05) is 32.0 Å².